The molecule has 2 rings (SSSR count). The molecule has 4 heteroatoms. The molecular weight excluding hydrogens is 242 g/mol. The number of hydrogen-bond acceptors (Lipinski definition) is 4. The van der Waals surface area contributed by atoms with Crippen molar-refractivity contribution in [3.05, 3.63) is 11.1 Å². The van der Waals surface area contributed by atoms with Crippen molar-refractivity contribution in [3.8, 4) is 0 Å². The minimum Gasteiger partial charge on any atom is -0.362 e. The van der Waals surface area contributed by atoms with Crippen LogP contribution in [0.5, 0.6) is 0 Å². The molecule has 0 unspecified atom stereocenters. The molecule has 0 aliphatic heterocycles. The number of rotatable bonds is 9. The number of nitrogens with one attached hydrogen (secondary N) is 1. The summed E-state index contributed by atoms with van der Waals surface area (Å²) in [4.78, 5) is 8.49. The molecule has 0 atom stereocenters. The Bertz CT molecular complexity index is 347. The Balaban J connectivity index is 1.83. The Morgan fingerprint density at radius 2 is 2.22 bits per heavy atom. The molecule has 0 radical (unpaired) electrons. The van der Waals surface area contributed by atoms with Crippen LogP contribution in [0.15, 0.2) is 6.20 Å². The topological polar surface area (TPSA) is 28.2 Å². The van der Waals surface area contributed by atoms with Crippen molar-refractivity contribution in [1.29, 1.82) is 0 Å². The molecule has 102 valence electrons. The molecule has 1 aliphatic rings. The van der Waals surface area contributed by atoms with Crippen LogP contribution >= 0.6 is 11.3 Å². The Kier molecular flexibility index (Phi) is 5.45. The average molecular weight is 267 g/mol. The molecule has 0 saturated heterocycles. The normalized spacial score (nSPS) is 15.3. The second-order valence-electron chi connectivity index (χ2n) is 5.11. The van der Waals surface area contributed by atoms with Crippen molar-refractivity contribution in [2.45, 2.75) is 58.5 Å². The molecule has 0 aromatic carbocycles. The van der Waals surface area contributed by atoms with E-state index in [0.717, 1.165) is 30.7 Å². The van der Waals surface area contributed by atoms with Gasteiger partial charge in [-0.2, -0.15) is 0 Å². The molecule has 18 heavy (non-hydrogen) atoms. The number of nitrogens with zero attached hydrogens (tertiary/aromatic N) is 2. The number of unbranched alkanes of at least 4 members (excludes halogenated alkanes) is 1. The van der Waals surface area contributed by atoms with E-state index in [-0.39, 0.29) is 0 Å². The first-order chi connectivity index (χ1) is 8.83. The highest BCUT2D eigenvalue weighted by Crippen LogP contribution is 2.30. The zero-order valence-electron chi connectivity index (χ0n) is 11.6. The molecule has 0 bridgehead atoms. The predicted octanol–water partition coefficient (Wildman–Crippen LogP) is 3.73. The second kappa shape index (κ2) is 7.10. The van der Waals surface area contributed by atoms with Gasteiger partial charge in [-0.1, -0.05) is 20.3 Å². The summed E-state index contributed by atoms with van der Waals surface area (Å²) >= 11 is 1.82. The summed E-state index contributed by atoms with van der Waals surface area (Å²) in [6.07, 6.45) is 8.59. The number of hydrogen-bond donors (Lipinski definition) is 1. The number of thiazole rings is 1. The monoisotopic (exact) mass is 267 g/mol. The number of anilines is 1. The van der Waals surface area contributed by atoms with Crippen LogP contribution in [-0.4, -0.2) is 29.0 Å². The highest BCUT2D eigenvalue weighted by atomic mass is 32.1. The van der Waals surface area contributed by atoms with Gasteiger partial charge < -0.3 is 5.32 Å². The fraction of sp³-hybridized carbons (Fsp3) is 0.786. The van der Waals surface area contributed by atoms with E-state index >= 15 is 0 Å². The highest BCUT2D eigenvalue weighted by molar-refractivity contribution is 7.15. The van der Waals surface area contributed by atoms with E-state index in [0.29, 0.717) is 0 Å². The number of aromatic nitrogens is 1. The lowest BCUT2D eigenvalue weighted by atomic mass is 10.3. The molecule has 1 fully saturated rings. The van der Waals surface area contributed by atoms with Crippen LogP contribution in [0.25, 0.3) is 0 Å². The minimum absolute atomic E-state index is 0.853. The van der Waals surface area contributed by atoms with Crippen LogP contribution in [0, 0.1) is 0 Å². The summed E-state index contributed by atoms with van der Waals surface area (Å²) < 4.78 is 0. The third-order valence-corrected chi connectivity index (χ3v) is 4.24. The summed E-state index contributed by atoms with van der Waals surface area (Å²) in [5.41, 5.74) is 0. The third-order valence-electron chi connectivity index (χ3n) is 3.30. The van der Waals surface area contributed by atoms with Gasteiger partial charge in [-0.15, -0.1) is 11.3 Å². The van der Waals surface area contributed by atoms with Gasteiger partial charge in [-0.3, -0.25) is 4.90 Å². The third kappa shape index (κ3) is 4.25. The second-order valence-corrected chi connectivity index (χ2v) is 6.23. The van der Waals surface area contributed by atoms with Crippen LogP contribution in [0.3, 0.4) is 0 Å². The summed E-state index contributed by atoms with van der Waals surface area (Å²) in [7, 11) is 0. The quantitative estimate of drug-likeness (QED) is 0.739. The van der Waals surface area contributed by atoms with Crippen LogP contribution < -0.4 is 5.32 Å². The van der Waals surface area contributed by atoms with Crippen molar-refractivity contribution >= 4 is 16.5 Å². The Morgan fingerprint density at radius 1 is 1.39 bits per heavy atom. The van der Waals surface area contributed by atoms with Crippen molar-refractivity contribution in [1.82, 2.24) is 9.88 Å². The van der Waals surface area contributed by atoms with Gasteiger partial charge in [0, 0.05) is 30.2 Å². The van der Waals surface area contributed by atoms with Gasteiger partial charge in [0.25, 0.3) is 0 Å². The molecule has 1 aliphatic carbocycles. The van der Waals surface area contributed by atoms with Gasteiger partial charge in [-0.05, 0) is 32.2 Å². The van der Waals surface area contributed by atoms with Gasteiger partial charge in [0.2, 0.25) is 0 Å². The van der Waals surface area contributed by atoms with Gasteiger partial charge in [0.1, 0.15) is 0 Å². The van der Waals surface area contributed by atoms with Crippen LogP contribution in [0.2, 0.25) is 0 Å². The van der Waals surface area contributed by atoms with E-state index in [4.69, 9.17) is 0 Å². The molecule has 0 spiro atoms. The Morgan fingerprint density at radius 3 is 2.89 bits per heavy atom. The first-order valence-electron chi connectivity index (χ1n) is 7.26. The predicted molar refractivity (Wildman–Crippen MR) is 79.2 cm³/mol. The lowest BCUT2D eigenvalue weighted by Gasteiger charge is -2.20. The largest absolute Gasteiger partial charge is 0.362 e. The van der Waals surface area contributed by atoms with Crippen molar-refractivity contribution in [2.75, 3.05) is 18.4 Å². The first-order valence-corrected chi connectivity index (χ1v) is 8.07. The maximum absolute atomic E-state index is 4.45. The van der Waals surface area contributed by atoms with Crippen molar-refractivity contribution in [3.63, 3.8) is 0 Å². The molecule has 0 amide bonds. The van der Waals surface area contributed by atoms with Gasteiger partial charge in [0.15, 0.2) is 5.13 Å². The van der Waals surface area contributed by atoms with Crippen molar-refractivity contribution in [2.24, 2.45) is 0 Å². The maximum Gasteiger partial charge on any atom is 0.182 e. The summed E-state index contributed by atoms with van der Waals surface area (Å²) in [5, 5.41) is 4.45. The fourth-order valence-electron chi connectivity index (χ4n) is 2.09. The van der Waals surface area contributed by atoms with Crippen LogP contribution in [0.1, 0.15) is 50.8 Å². The fourth-order valence-corrected chi connectivity index (χ4v) is 2.95. The van der Waals surface area contributed by atoms with E-state index < -0.39 is 0 Å². The van der Waals surface area contributed by atoms with Crippen molar-refractivity contribution < 1.29 is 0 Å². The zero-order chi connectivity index (χ0) is 12.8. The standard InChI is InChI=1S/C14H25N3S/c1-3-5-9-17(12-6-7-12)11-13-10-16-14(18-13)15-8-4-2/h10,12H,3-9,11H2,1-2H3,(H,15,16). The first kappa shape index (κ1) is 13.8. The summed E-state index contributed by atoms with van der Waals surface area (Å²) in [6.45, 7) is 7.81. The van der Waals surface area contributed by atoms with E-state index in [1.54, 1.807) is 0 Å². The highest BCUT2D eigenvalue weighted by Gasteiger charge is 2.28. The molecule has 1 aromatic rings. The summed E-state index contributed by atoms with van der Waals surface area (Å²) in [6, 6.07) is 0.853. The maximum atomic E-state index is 4.45. The molecule has 3 nitrogen and oxygen atoms in total. The summed E-state index contributed by atoms with van der Waals surface area (Å²) in [5.74, 6) is 0. The van der Waals surface area contributed by atoms with E-state index in [1.165, 1.54) is 37.1 Å². The lowest BCUT2D eigenvalue weighted by Crippen LogP contribution is -2.26. The van der Waals surface area contributed by atoms with Crippen LogP contribution in [0.4, 0.5) is 5.13 Å². The molecule has 1 aromatic heterocycles. The van der Waals surface area contributed by atoms with E-state index in [1.807, 2.05) is 17.5 Å². The zero-order valence-corrected chi connectivity index (χ0v) is 12.4. The lowest BCUT2D eigenvalue weighted by molar-refractivity contribution is 0.253. The SMILES string of the molecule is CCCCN(Cc1cnc(NCCC)s1)C1CC1. The molecule has 1 saturated carbocycles. The Hall–Kier alpha value is -0.610. The smallest absolute Gasteiger partial charge is 0.182 e. The van der Waals surface area contributed by atoms with Gasteiger partial charge >= 0.3 is 0 Å². The van der Waals surface area contributed by atoms with Gasteiger partial charge in [-0.25, -0.2) is 4.98 Å². The van der Waals surface area contributed by atoms with Crippen LogP contribution in [-0.2, 0) is 6.54 Å². The van der Waals surface area contributed by atoms with E-state index in [9.17, 15) is 0 Å². The minimum atomic E-state index is 0.853. The molecule has 1 heterocycles. The van der Waals surface area contributed by atoms with Gasteiger partial charge in [0.05, 0.1) is 0 Å². The molecule has 1 N–H and O–H groups in total. The molecular formula is C14H25N3S. The Labute approximate surface area is 115 Å². The average Bonchev–Trinajstić information content (AvgIpc) is 3.13. The van der Waals surface area contributed by atoms with E-state index in [2.05, 4.69) is 29.0 Å².